The lowest BCUT2D eigenvalue weighted by Crippen LogP contribution is -1.91. The van der Waals surface area contributed by atoms with E-state index in [-0.39, 0.29) is 5.78 Å². The van der Waals surface area contributed by atoms with Crippen molar-refractivity contribution in [2.24, 2.45) is 0 Å². The van der Waals surface area contributed by atoms with E-state index in [4.69, 9.17) is 16.0 Å². The molecule has 76 valence electrons. The molecule has 0 N–H and O–H groups in total. The van der Waals surface area contributed by atoms with Crippen LogP contribution >= 0.6 is 11.6 Å². The number of Topliss-reactive ketones (excluding diaryl/α,β-unsaturated/α-hetero) is 1. The van der Waals surface area contributed by atoms with Gasteiger partial charge in [0.1, 0.15) is 12.0 Å². The van der Waals surface area contributed by atoms with Crippen molar-refractivity contribution in [3.8, 4) is 11.5 Å². The van der Waals surface area contributed by atoms with Crippen LogP contribution < -0.4 is 0 Å². The number of hydrogen-bond donors (Lipinski definition) is 0. The van der Waals surface area contributed by atoms with Crippen molar-refractivity contribution in [2.45, 2.75) is 6.92 Å². The lowest BCUT2D eigenvalue weighted by molar-refractivity contribution is 0.101. The minimum atomic E-state index is -0.112. The third-order valence-electron chi connectivity index (χ3n) is 1.96. The fourth-order valence-electron chi connectivity index (χ4n) is 1.16. The van der Waals surface area contributed by atoms with Gasteiger partial charge in [0.25, 0.3) is 0 Å². The number of carbonyl (C=O) groups excluding carboxylic acids is 1. The summed E-state index contributed by atoms with van der Waals surface area (Å²) in [5.41, 5.74) is 1.13. The molecule has 15 heavy (non-hydrogen) atoms. The lowest BCUT2D eigenvalue weighted by Gasteiger charge is -1.94. The van der Waals surface area contributed by atoms with Crippen LogP contribution in [0.4, 0.5) is 0 Å². The van der Waals surface area contributed by atoms with E-state index in [2.05, 4.69) is 4.98 Å². The van der Waals surface area contributed by atoms with E-state index in [1.54, 1.807) is 24.3 Å². The van der Waals surface area contributed by atoms with E-state index in [0.717, 1.165) is 5.56 Å². The van der Waals surface area contributed by atoms with Gasteiger partial charge in [0.15, 0.2) is 5.78 Å². The van der Waals surface area contributed by atoms with Gasteiger partial charge in [-0.25, -0.2) is 4.98 Å². The van der Waals surface area contributed by atoms with Crippen molar-refractivity contribution in [1.29, 1.82) is 0 Å². The van der Waals surface area contributed by atoms with E-state index in [0.29, 0.717) is 16.6 Å². The monoisotopic (exact) mass is 221 g/mol. The predicted molar refractivity (Wildman–Crippen MR) is 57.0 cm³/mol. The molecule has 0 fully saturated rings. The van der Waals surface area contributed by atoms with E-state index in [9.17, 15) is 4.79 Å². The summed E-state index contributed by atoms with van der Waals surface area (Å²) >= 11 is 5.75. The SMILES string of the molecule is CC(=O)c1coc(-c2ccc(Cl)cc2)n1. The number of benzene rings is 1. The zero-order valence-electron chi connectivity index (χ0n) is 8.03. The maximum atomic E-state index is 11.0. The first kappa shape index (κ1) is 9.93. The van der Waals surface area contributed by atoms with Crippen molar-refractivity contribution in [2.75, 3.05) is 0 Å². The zero-order valence-corrected chi connectivity index (χ0v) is 8.78. The lowest BCUT2D eigenvalue weighted by atomic mass is 10.2. The van der Waals surface area contributed by atoms with Crippen LogP contribution in [0.5, 0.6) is 0 Å². The van der Waals surface area contributed by atoms with Crippen molar-refractivity contribution in [3.63, 3.8) is 0 Å². The molecule has 0 aliphatic heterocycles. The third kappa shape index (κ3) is 2.07. The zero-order chi connectivity index (χ0) is 10.8. The molecule has 0 unspecified atom stereocenters. The highest BCUT2D eigenvalue weighted by atomic mass is 35.5. The van der Waals surface area contributed by atoms with E-state index in [1.807, 2.05) is 0 Å². The van der Waals surface area contributed by atoms with Gasteiger partial charge in [0.2, 0.25) is 5.89 Å². The Kier molecular flexibility index (Phi) is 2.56. The van der Waals surface area contributed by atoms with Gasteiger partial charge in [-0.05, 0) is 24.3 Å². The molecule has 0 spiro atoms. The van der Waals surface area contributed by atoms with Gasteiger partial charge >= 0.3 is 0 Å². The average Bonchev–Trinajstić information content (AvgIpc) is 2.68. The fourth-order valence-corrected chi connectivity index (χ4v) is 1.29. The van der Waals surface area contributed by atoms with Gasteiger partial charge < -0.3 is 4.42 Å². The Hall–Kier alpha value is -1.61. The summed E-state index contributed by atoms with van der Waals surface area (Å²) in [7, 11) is 0. The number of halogens is 1. The normalized spacial score (nSPS) is 10.3. The minimum absolute atomic E-state index is 0.112. The Balaban J connectivity index is 2.37. The number of rotatable bonds is 2. The quantitative estimate of drug-likeness (QED) is 0.732. The predicted octanol–water partition coefficient (Wildman–Crippen LogP) is 3.20. The number of nitrogens with zero attached hydrogens (tertiary/aromatic N) is 1. The molecule has 0 aliphatic carbocycles. The van der Waals surface area contributed by atoms with Gasteiger partial charge in [-0.1, -0.05) is 11.6 Å². The van der Waals surface area contributed by atoms with Crippen LogP contribution in [0.15, 0.2) is 34.9 Å². The molecule has 2 aromatic rings. The van der Waals surface area contributed by atoms with Crippen molar-refractivity contribution in [3.05, 3.63) is 41.2 Å². The molecule has 0 atom stereocenters. The highest BCUT2D eigenvalue weighted by Crippen LogP contribution is 2.20. The number of aromatic nitrogens is 1. The van der Waals surface area contributed by atoms with E-state index < -0.39 is 0 Å². The largest absolute Gasteiger partial charge is 0.444 e. The molecule has 4 heteroatoms. The molecule has 0 saturated carbocycles. The van der Waals surface area contributed by atoms with E-state index in [1.165, 1.54) is 13.2 Å². The summed E-state index contributed by atoms with van der Waals surface area (Å²) in [6.07, 6.45) is 1.35. The molecule has 0 aliphatic rings. The second kappa shape index (κ2) is 3.87. The van der Waals surface area contributed by atoms with Crippen LogP contribution in [0.1, 0.15) is 17.4 Å². The molecule has 1 aromatic carbocycles. The van der Waals surface area contributed by atoms with Gasteiger partial charge in [-0.2, -0.15) is 0 Å². The number of ketones is 1. The van der Waals surface area contributed by atoms with Gasteiger partial charge in [-0.3, -0.25) is 4.79 Å². The summed E-state index contributed by atoms with van der Waals surface area (Å²) in [5, 5.41) is 0.650. The van der Waals surface area contributed by atoms with Crippen molar-refractivity contribution < 1.29 is 9.21 Å². The van der Waals surface area contributed by atoms with Crippen LogP contribution in [0.3, 0.4) is 0 Å². The summed E-state index contributed by atoms with van der Waals surface area (Å²) in [6, 6.07) is 7.07. The second-order valence-corrected chi connectivity index (χ2v) is 3.54. The molecule has 1 aromatic heterocycles. The Morgan fingerprint density at radius 1 is 1.33 bits per heavy atom. The van der Waals surface area contributed by atoms with Crippen LogP contribution in [-0.2, 0) is 0 Å². The topological polar surface area (TPSA) is 43.1 Å². The van der Waals surface area contributed by atoms with Crippen LogP contribution in [0.2, 0.25) is 5.02 Å². The van der Waals surface area contributed by atoms with Crippen LogP contribution in [-0.4, -0.2) is 10.8 Å². The maximum Gasteiger partial charge on any atom is 0.226 e. The fraction of sp³-hybridized carbons (Fsp3) is 0.0909. The molecule has 2 rings (SSSR count). The summed E-state index contributed by atoms with van der Waals surface area (Å²) in [4.78, 5) is 15.1. The van der Waals surface area contributed by atoms with E-state index >= 15 is 0 Å². The van der Waals surface area contributed by atoms with Gasteiger partial charge in [-0.15, -0.1) is 0 Å². The molecule has 1 heterocycles. The molecular formula is C11H8ClNO2. The van der Waals surface area contributed by atoms with Crippen molar-refractivity contribution in [1.82, 2.24) is 4.98 Å². The first-order chi connectivity index (χ1) is 7.16. The van der Waals surface area contributed by atoms with Crippen LogP contribution in [0.25, 0.3) is 11.5 Å². The number of carbonyl (C=O) groups is 1. The highest BCUT2D eigenvalue weighted by Gasteiger charge is 2.09. The first-order valence-corrected chi connectivity index (χ1v) is 4.77. The average molecular weight is 222 g/mol. The van der Waals surface area contributed by atoms with Crippen LogP contribution in [0, 0.1) is 0 Å². The molecule has 0 bridgehead atoms. The Bertz CT molecular complexity index is 488. The molecular weight excluding hydrogens is 214 g/mol. The summed E-state index contributed by atoms with van der Waals surface area (Å²) < 4.78 is 5.18. The Morgan fingerprint density at radius 3 is 2.53 bits per heavy atom. The summed E-state index contributed by atoms with van der Waals surface area (Å²) in [5.74, 6) is 0.316. The number of hydrogen-bond acceptors (Lipinski definition) is 3. The second-order valence-electron chi connectivity index (χ2n) is 3.10. The molecule has 3 nitrogen and oxygen atoms in total. The number of oxazole rings is 1. The molecule has 0 radical (unpaired) electrons. The molecule has 0 saturated heterocycles. The Morgan fingerprint density at radius 2 is 2.00 bits per heavy atom. The summed E-state index contributed by atoms with van der Waals surface area (Å²) in [6.45, 7) is 1.45. The standard InChI is InChI=1S/C11H8ClNO2/c1-7(14)10-6-15-11(13-10)8-2-4-9(12)5-3-8/h2-6H,1H3. The third-order valence-corrected chi connectivity index (χ3v) is 2.21. The first-order valence-electron chi connectivity index (χ1n) is 4.39. The van der Waals surface area contributed by atoms with Gasteiger partial charge in [0, 0.05) is 17.5 Å². The maximum absolute atomic E-state index is 11.0. The van der Waals surface area contributed by atoms with Gasteiger partial charge in [0.05, 0.1) is 0 Å². The minimum Gasteiger partial charge on any atom is -0.444 e. The highest BCUT2D eigenvalue weighted by molar-refractivity contribution is 6.30. The molecule has 0 amide bonds. The van der Waals surface area contributed by atoms with Crippen molar-refractivity contribution >= 4 is 17.4 Å². The smallest absolute Gasteiger partial charge is 0.226 e. The Labute approximate surface area is 91.7 Å².